The molecule has 1 heterocycles. The van der Waals surface area contributed by atoms with Crippen molar-refractivity contribution in [3.63, 3.8) is 0 Å². The zero-order valence-electron chi connectivity index (χ0n) is 12.4. The van der Waals surface area contributed by atoms with Crippen LogP contribution in [0.5, 0.6) is 0 Å². The van der Waals surface area contributed by atoms with Gasteiger partial charge in [-0.2, -0.15) is 0 Å². The molecule has 5 nitrogen and oxygen atoms in total. The van der Waals surface area contributed by atoms with Crippen LogP contribution in [0.25, 0.3) is 0 Å². The molecule has 0 saturated heterocycles. The lowest BCUT2D eigenvalue weighted by molar-refractivity contribution is 0.290. The second kappa shape index (κ2) is 6.94. The number of nitrogens with zero attached hydrogens (tertiary/aromatic N) is 1. The molecule has 21 heavy (non-hydrogen) atoms. The van der Waals surface area contributed by atoms with Crippen molar-refractivity contribution < 1.29 is 8.42 Å². The second-order valence-corrected chi connectivity index (χ2v) is 7.90. The van der Waals surface area contributed by atoms with Crippen molar-refractivity contribution >= 4 is 27.4 Å². The Kier molecular flexibility index (Phi) is 5.46. The summed E-state index contributed by atoms with van der Waals surface area (Å²) in [5.74, 6) is 1.66. The lowest BCUT2D eigenvalue weighted by atomic mass is 9.83. The van der Waals surface area contributed by atoms with Gasteiger partial charge in [0.2, 0.25) is 10.0 Å². The quantitative estimate of drug-likeness (QED) is 0.870. The Bertz CT molecular complexity index is 584. The minimum absolute atomic E-state index is 0.107. The first-order valence-corrected chi connectivity index (χ1v) is 9.11. The van der Waals surface area contributed by atoms with Gasteiger partial charge in [0.1, 0.15) is 10.7 Å². The molecule has 0 spiro atoms. The highest BCUT2D eigenvalue weighted by Crippen LogP contribution is 2.28. The largest absolute Gasteiger partial charge is 0.372 e. The SMILES string of the molecule is CNc1ncc(S(=O)(=O)NCC2CCC(C)CC2)cc1Cl. The van der Waals surface area contributed by atoms with Crippen LogP contribution < -0.4 is 10.0 Å². The van der Waals surface area contributed by atoms with Crippen molar-refractivity contribution in [1.29, 1.82) is 0 Å². The monoisotopic (exact) mass is 331 g/mol. The van der Waals surface area contributed by atoms with E-state index in [2.05, 4.69) is 21.9 Å². The van der Waals surface area contributed by atoms with Gasteiger partial charge in [0.25, 0.3) is 0 Å². The van der Waals surface area contributed by atoms with Gasteiger partial charge in [-0.05, 0) is 30.7 Å². The second-order valence-electron chi connectivity index (χ2n) is 5.73. The van der Waals surface area contributed by atoms with Crippen molar-refractivity contribution in [1.82, 2.24) is 9.71 Å². The molecule has 0 bridgehead atoms. The maximum absolute atomic E-state index is 12.3. The number of aromatic nitrogens is 1. The van der Waals surface area contributed by atoms with E-state index in [1.165, 1.54) is 25.1 Å². The number of halogens is 1. The van der Waals surface area contributed by atoms with Crippen LogP contribution in [-0.2, 0) is 10.0 Å². The van der Waals surface area contributed by atoms with Gasteiger partial charge in [0.05, 0.1) is 5.02 Å². The predicted octanol–water partition coefficient (Wildman–Crippen LogP) is 2.88. The summed E-state index contributed by atoms with van der Waals surface area (Å²) < 4.78 is 27.2. The lowest BCUT2D eigenvalue weighted by Crippen LogP contribution is -2.31. The zero-order chi connectivity index (χ0) is 15.5. The molecule has 1 aromatic heterocycles. The van der Waals surface area contributed by atoms with Crippen LogP contribution in [0, 0.1) is 11.8 Å². The van der Waals surface area contributed by atoms with E-state index in [9.17, 15) is 8.42 Å². The van der Waals surface area contributed by atoms with Crippen molar-refractivity contribution in [2.45, 2.75) is 37.5 Å². The maximum Gasteiger partial charge on any atom is 0.242 e. The normalized spacial score (nSPS) is 23.0. The molecule has 2 N–H and O–H groups in total. The first-order valence-electron chi connectivity index (χ1n) is 7.25. The molecule has 1 aromatic rings. The highest BCUT2D eigenvalue weighted by atomic mass is 35.5. The summed E-state index contributed by atoms with van der Waals surface area (Å²) in [6, 6.07) is 1.42. The van der Waals surface area contributed by atoms with E-state index in [1.54, 1.807) is 7.05 Å². The third kappa shape index (κ3) is 4.31. The average molecular weight is 332 g/mol. The fraction of sp³-hybridized carbons (Fsp3) is 0.643. The Morgan fingerprint density at radius 3 is 2.57 bits per heavy atom. The molecule has 0 aliphatic heterocycles. The van der Waals surface area contributed by atoms with Gasteiger partial charge < -0.3 is 5.32 Å². The standard InChI is InChI=1S/C14H22ClN3O2S/c1-10-3-5-11(6-4-10)8-18-21(19,20)12-7-13(15)14(16-2)17-9-12/h7,9-11,18H,3-6,8H2,1-2H3,(H,16,17). The van der Waals surface area contributed by atoms with Gasteiger partial charge in [-0.25, -0.2) is 18.1 Å². The molecule has 0 aromatic carbocycles. The van der Waals surface area contributed by atoms with Crippen LogP contribution in [0.2, 0.25) is 5.02 Å². The fourth-order valence-electron chi connectivity index (χ4n) is 2.60. The summed E-state index contributed by atoms with van der Waals surface area (Å²) in [6.07, 6.45) is 5.85. The summed E-state index contributed by atoms with van der Waals surface area (Å²) in [7, 11) is -1.86. The molecule has 2 rings (SSSR count). The van der Waals surface area contributed by atoms with Gasteiger partial charge in [-0.3, -0.25) is 0 Å². The lowest BCUT2D eigenvalue weighted by Gasteiger charge is -2.26. The van der Waals surface area contributed by atoms with Crippen molar-refractivity contribution in [3.05, 3.63) is 17.3 Å². The highest BCUT2D eigenvalue weighted by molar-refractivity contribution is 7.89. The molecular formula is C14H22ClN3O2S. The summed E-state index contributed by atoms with van der Waals surface area (Å²) in [6.45, 7) is 2.73. The fourth-order valence-corrected chi connectivity index (χ4v) is 4.01. The molecular weight excluding hydrogens is 310 g/mol. The van der Waals surface area contributed by atoms with Crippen LogP contribution in [0.1, 0.15) is 32.6 Å². The molecule has 118 valence electrons. The molecule has 0 radical (unpaired) electrons. The minimum atomic E-state index is -3.55. The molecule has 1 saturated carbocycles. The van der Waals surface area contributed by atoms with E-state index >= 15 is 0 Å². The third-order valence-corrected chi connectivity index (χ3v) is 5.74. The van der Waals surface area contributed by atoms with Gasteiger partial charge in [-0.15, -0.1) is 0 Å². The van der Waals surface area contributed by atoms with Crippen LogP contribution in [0.4, 0.5) is 5.82 Å². The molecule has 0 unspecified atom stereocenters. The third-order valence-electron chi connectivity index (χ3n) is 4.06. The van der Waals surface area contributed by atoms with E-state index in [0.717, 1.165) is 18.8 Å². The molecule has 0 atom stereocenters. The number of hydrogen-bond donors (Lipinski definition) is 2. The number of nitrogens with one attached hydrogen (secondary N) is 2. The average Bonchev–Trinajstić information content (AvgIpc) is 2.46. The van der Waals surface area contributed by atoms with Gasteiger partial charge in [0, 0.05) is 19.8 Å². The van der Waals surface area contributed by atoms with E-state index in [1.807, 2.05) is 0 Å². The number of hydrogen-bond acceptors (Lipinski definition) is 4. The molecule has 1 fully saturated rings. The number of rotatable bonds is 5. The summed E-state index contributed by atoms with van der Waals surface area (Å²) in [5, 5.41) is 3.10. The Morgan fingerprint density at radius 1 is 1.33 bits per heavy atom. The van der Waals surface area contributed by atoms with Crippen LogP contribution in [-0.4, -0.2) is 27.0 Å². The topological polar surface area (TPSA) is 71.1 Å². The van der Waals surface area contributed by atoms with Crippen LogP contribution in [0.3, 0.4) is 0 Å². The number of sulfonamides is 1. The van der Waals surface area contributed by atoms with E-state index < -0.39 is 10.0 Å². The van der Waals surface area contributed by atoms with E-state index in [0.29, 0.717) is 23.3 Å². The Hall–Kier alpha value is -0.850. The summed E-state index contributed by atoms with van der Waals surface area (Å²) in [4.78, 5) is 4.11. The van der Waals surface area contributed by atoms with Crippen molar-refractivity contribution in [2.24, 2.45) is 11.8 Å². The molecule has 0 amide bonds. The van der Waals surface area contributed by atoms with Gasteiger partial charge >= 0.3 is 0 Å². The van der Waals surface area contributed by atoms with E-state index in [4.69, 9.17) is 11.6 Å². The maximum atomic E-state index is 12.3. The van der Waals surface area contributed by atoms with Crippen molar-refractivity contribution in [3.8, 4) is 0 Å². The van der Waals surface area contributed by atoms with Crippen molar-refractivity contribution in [2.75, 3.05) is 18.9 Å². The Morgan fingerprint density at radius 2 is 2.00 bits per heavy atom. The molecule has 1 aliphatic carbocycles. The molecule has 1 aliphatic rings. The Balaban J connectivity index is 2.00. The highest BCUT2D eigenvalue weighted by Gasteiger charge is 2.22. The zero-order valence-corrected chi connectivity index (χ0v) is 14.0. The van der Waals surface area contributed by atoms with Crippen LogP contribution in [0.15, 0.2) is 17.2 Å². The van der Waals surface area contributed by atoms with Gasteiger partial charge in [0.15, 0.2) is 0 Å². The first kappa shape index (κ1) is 16.5. The molecule has 7 heteroatoms. The first-order chi connectivity index (χ1) is 9.92. The Labute approximate surface area is 131 Å². The van der Waals surface area contributed by atoms with E-state index in [-0.39, 0.29) is 4.90 Å². The number of anilines is 1. The summed E-state index contributed by atoms with van der Waals surface area (Å²) in [5.41, 5.74) is 0. The predicted molar refractivity (Wildman–Crippen MR) is 85.1 cm³/mol. The minimum Gasteiger partial charge on any atom is -0.372 e. The van der Waals surface area contributed by atoms with Gasteiger partial charge in [-0.1, -0.05) is 31.4 Å². The number of pyridine rings is 1. The van der Waals surface area contributed by atoms with Crippen LogP contribution >= 0.6 is 11.6 Å². The smallest absolute Gasteiger partial charge is 0.242 e. The summed E-state index contributed by atoms with van der Waals surface area (Å²) >= 11 is 5.98.